The lowest BCUT2D eigenvalue weighted by molar-refractivity contribution is -0.120. The maximum atomic E-state index is 11.7. The first-order chi connectivity index (χ1) is 11.7. The lowest BCUT2D eigenvalue weighted by Gasteiger charge is -2.05. The molecule has 1 saturated carbocycles. The van der Waals surface area contributed by atoms with Crippen LogP contribution in [0.5, 0.6) is 0 Å². The van der Waals surface area contributed by atoms with Gasteiger partial charge in [0.25, 0.3) is 0 Å². The first-order valence-electron chi connectivity index (χ1n) is 8.59. The summed E-state index contributed by atoms with van der Waals surface area (Å²) in [5.74, 6) is 1.48. The number of aryl methyl sites for hydroxylation is 1. The maximum Gasteiger partial charge on any atom is 0.233 e. The first kappa shape index (κ1) is 22.3. The Hall–Kier alpha value is -1.76. The van der Waals surface area contributed by atoms with E-state index in [1.54, 1.807) is 4.68 Å². The van der Waals surface area contributed by atoms with Crippen LogP contribution in [0.15, 0.2) is 36.4 Å². The number of para-hydroxylation sites is 1. The number of nitrogens with two attached hydrogens (primary N) is 1. The molecule has 0 bridgehead atoms. The monoisotopic (exact) mass is 399 g/mol. The first-order valence-corrected chi connectivity index (χ1v) is 8.59. The Labute approximate surface area is 166 Å². The zero-order chi connectivity index (χ0) is 16.8. The van der Waals surface area contributed by atoms with Crippen molar-refractivity contribution in [3.63, 3.8) is 0 Å². The number of nitrogens with one attached hydrogen (secondary N) is 2. The van der Waals surface area contributed by atoms with Crippen molar-refractivity contribution in [2.45, 2.75) is 25.7 Å². The third kappa shape index (κ3) is 6.86. The average molecular weight is 400 g/mol. The topological polar surface area (TPSA) is 85.0 Å². The van der Waals surface area contributed by atoms with Crippen molar-refractivity contribution < 1.29 is 4.79 Å². The van der Waals surface area contributed by atoms with Crippen molar-refractivity contribution in [3.8, 4) is 5.69 Å². The van der Waals surface area contributed by atoms with E-state index in [2.05, 4.69) is 15.7 Å². The van der Waals surface area contributed by atoms with Gasteiger partial charge in [-0.25, -0.2) is 4.68 Å². The molecule has 144 valence electrons. The summed E-state index contributed by atoms with van der Waals surface area (Å²) in [6.45, 7) is 2.03. The van der Waals surface area contributed by atoms with E-state index >= 15 is 0 Å². The fourth-order valence-electron chi connectivity index (χ4n) is 2.62. The minimum atomic E-state index is 0. The van der Waals surface area contributed by atoms with E-state index in [1.807, 2.05) is 36.4 Å². The van der Waals surface area contributed by atoms with Gasteiger partial charge in [0.05, 0.1) is 17.9 Å². The minimum absolute atomic E-state index is 0. The number of hydrogen-bond acceptors (Lipinski definition) is 4. The SMILES string of the molecule is Cl.Cl.Nc1cc(CCCNC(=O)CNCC2CC2)nn1-c1ccccc1. The Morgan fingerprint density at radius 3 is 2.65 bits per heavy atom. The summed E-state index contributed by atoms with van der Waals surface area (Å²) in [6, 6.07) is 11.7. The summed E-state index contributed by atoms with van der Waals surface area (Å²) in [7, 11) is 0. The van der Waals surface area contributed by atoms with E-state index < -0.39 is 0 Å². The van der Waals surface area contributed by atoms with E-state index in [0.717, 1.165) is 36.7 Å². The van der Waals surface area contributed by atoms with Crippen molar-refractivity contribution in [1.82, 2.24) is 20.4 Å². The second kappa shape index (κ2) is 11.1. The Kier molecular flexibility index (Phi) is 9.48. The maximum absolute atomic E-state index is 11.7. The average Bonchev–Trinajstić information content (AvgIpc) is 3.34. The van der Waals surface area contributed by atoms with Crippen LogP contribution in [-0.4, -0.2) is 35.3 Å². The molecule has 0 aliphatic heterocycles. The van der Waals surface area contributed by atoms with Crippen LogP contribution in [0.2, 0.25) is 0 Å². The molecule has 0 radical (unpaired) electrons. The van der Waals surface area contributed by atoms with E-state index in [4.69, 9.17) is 5.73 Å². The second-order valence-electron chi connectivity index (χ2n) is 6.34. The predicted molar refractivity (Wildman–Crippen MR) is 109 cm³/mol. The molecule has 1 amide bonds. The summed E-state index contributed by atoms with van der Waals surface area (Å²) >= 11 is 0. The molecule has 0 spiro atoms. The summed E-state index contributed by atoms with van der Waals surface area (Å²) in [4.78, 5) is 11.7. The van der Waals surface area contributed by atoms with Crippen LogP contribution < -0.4 is 16.4 Å². The zero-order valence-corrected chi connectivity index (χ0v) is 16.3. The van der Waals surface area contributed by atoms with Crippen LogP contribution in [0.4, 0.5) is 5.82 Å². The van der Waals surface area contributed by atoms with Gasteiger partial charge in [-0.15, -0.1) is 24.8 Å². The van der Waals surface area contributed by atoms with Crippen LogP contribution in [0.1, 0.15) is 25.0 Å². The highest BCUT2D eigenvalue weighted by atomic mass is 35.5. The Bertz CT molecular complexity index is 673. The molecule has 2 aromatic rings. The highest BCUT2D eigenvalue weighted by molar-refractivity contribution is 5.85. The third-order valence-electron chi connectivity index (χ3n) is 4.14. The standard InChI is InChI=1S/C18H25N5O.2ClH/c19-17-11-15(22-23(17)16-6-2-1-3-7-16)5-4-10-21-18(24)13-20-12-14-8-9-14;;/h1-3,6-7,11,14,20H,4-5,8-10,12-13,19H2,(H,21,24);2*1H. The zero-order valence-electron chi connectivity index (χ0n) is 14.7. The molecule has 1 fully saturated rings. The van der Waals surface area contributed by atoms with E-state index in [1.165, 1.54) is 12.8 Å². The number of hydrogen-bond donors (Lipinski definition) is 3. The molecular weight excluding hydrogens is 373 g/mol. The molecule has 3 rings (SSSR count). The third-order valence-corrected chi connectivity index (χ3v) is 4.14. The number of carbonyl (C=O) groups excluding carboxylic acids is 1. The lowest BCUT2D eigenvalue weighted by atomic mass is 10.2. The van der Waals surface area contributed by atoms with Gasteiger partial charge in [-0.1, -0.05) is 18.2 Å². The summed E-state index contributed by atoms with van der Waals surface area (Å²) in [5, 5.41) is 10.7. The van der Waals surface area contributed by atoms with Gasteiger partial charge in [0.1, 0.15) is 5.82 Å². The highest BCUT2D eigenvalue weighted by Crippen LogP contribution is 2.27. The second-order valence-corrected chi connectivity index (χ2v) is 6.34. The smallest absolute Gasteiger partial charge is 0.233 e. The van der Waals surface area contributed by atoms with Crippen molar-refractivity contribution in [2.24, 2.45) is 5.92 Å². The van der Waals surface area contributed by atoms with Gasteiger partial charge in [0, 0.05) is 12.6 Å². The number of aromatic nitrogens is 2. The molecule has 0 saturated heterocycles. The van der Waals surface area contributed by atoms with Crippen molar-refractivity contribution in [2.75, 3.05) is 25.4 Å². The van der Waals surface area contributed by atoms with Gasteiger partial charge in [-0.05, 0) is 50.3 Å². The highest BCUT2D eigenvalue weighted by Gasteiger charge is 2.20. The van der Waals surface area contributed by atoms with E-state index in [-0.39, 0.29) is 30.7 Å². The number of amides is 1. The number of halogens is 2. The predicted octanol–water partition coefficient (Wildman–Crippen LogP) is 2.35. The van der Waals surface area contributed by atoms with Crippen molar-refractivity contribution in [1.29, 1.82) is 0 Å². The molecular formula is C18H27Cl2N5O. The quantitative estimate of drug-likeness (QED) is 0.564. The molecule has 1 aliphatic rings. The molecule has 26 heavy (non-hydrogen) atoms. The molecule has 8 heteroatoms. The number of carbonyl (C=O) groups is 1. The molecule has 6 nitrogen and oxygen atoms in total. The largest absolute Gasteiger partial charge is 0.384 e. The van der Waals surface area contributed by atoms with Crippen LogP contribution in [0.3, 0.4) is 0 Å². The van der Waals surface area contributed by atoms with E-state index in [9.17, 15) is 4.79 Å². The van der Waals surface area contributed by atoms with E-state index in [0.29, 0.717) is 18.9 Å². The van der Waals surface area contributed by atoms with Crippen LogP contribution >= 0.6 is 24.8 Å². The Morgan fingerprint density at radius 1 is 1.23 bits per heavy atom. The fraction of sp³-hybridized carbons (Fsp3) is 0.444. The minimum Gasteiger partial charge on any atom is -0.384 e. The lowest BCUT2D eigenvalue weighted by Crippen LogP contribution is -2.35. The molecule has 1 aromatic carbocycles. The molecule has 1 heterocycles. The summed E-state index contributed by atoms with van der Waals surface area (Å²) < 4.78 is 1.75. The van der Waals surface area contributed by atoms with Crippen LogP contribution in [0, 0.1) is 5.92 Å². The molecule has 4 N–H and O–H groups in total. The van der Waals surface area contributed by atoms with Gasteiger partial charge in [0.2, 0.25) is 5.91 Å². The number of rotatable bonds is 9. The van der Waals surface area contributed by atoms with Crippen LogP contribution in [0.25, 0.3) is 5.69 Å². The van der Waals surface area contributed by atoms with Gasteiger partial charge in [-0.2, -0.15) is 5.10 Å². The van der Waals surface area contributed by atoms with Gasteiger partial charge in [-0.3, -0.25) is 4.79 Å². The molecule has 1 aromatic heterocycles. The number of anilines is 1. The molecule has 0 unspecified atom stereocenters. The fourth-order valence-corrected chi connectivity index (χ4v) is 2.62. The van der Waals surface area contributed by atoms with Gasteiger partial charge >= 0.3 is 0 Å². The Balaban J connectivity index is 0.00000169. The van der Waals surface area contributed by atoms with Crippen molar-refractivity contribution in [3.05, 3.63) is 42.1 Å². The summed E-state index contributed by atoms with van der Waals surface area (Å²) in [6.07, 6.45) is 4.24. The summed E-state index contributed by atoms with van der Waals surface area (Å²) in [5.41, 5.74) is 7.93. The van der Waals surface area contributed by atoms with Gasteiger partial charge in [0.15, 0.2) is 0 Å². The molecule has 1 aliphatic carbocycles. The number of nitrogens with zero attached hydrogens (tertiary/aromatic N) is 2. The Morgan fingerprint density at radius 2 is 1.96 bits per heavy atom. The number of nitrogen functional groups attached to an aromatic ring is 1. The number of benzene rings is 1. The molecule has 0 atom stereocenters. The normalized spacial score (nSPS) is 12.8. The van der Waals surface area contributed by atoms with Crippen molar-refractivity contribution >= 4 is 36.5 Å². The van der Waals surface area contributed by atoms with Gasteiger partial charge < -0.3 is 16.4 Å². The van der Waals surface area contributed by atoms with Crippen LogP contribution in [-0.2, 0) is 11.2 Å².